The van der Waals surface area contributed by atoms with Gasteiger partial charge in [0.05, 0.1) is 5.69 Å². The summed E-state index contributed by atoms with van der Waals surface area (Å²) in [6, 6.07) is 8.61. The molecule has 2 aromatic rings. The van der Waals surface area contributed by atoms with Crippen molar-refractivity contribution in [2.45, 2.75) is 19.5 Å². The topological polar surface area (TPSA) is 37.8 Å². The van der Waals surface area contributed by atoms with Crippen molar-refractivity contribution in [3.63, 3.8) is 0 Å². The number of aromatic nitrogens is 2. The van der Waals surface area contributed by atoms with Crippen molar-refractivity contribution in [1.29, 1.82) is 0 Å². The molecule has 0 saturated heterocycles. The van der Waals surface area contributed by atoms with Gasteiger partial charge in [0.2, 0.25) is 0 Å². The Balaban J connectivity index is 1.95. The van der Waals surface area contributed by atoms with E-state index in [0.717, 1.165) is 16.7 Å². The molecule has 16 heavy (non-hydrogen) atoms. The SMILES string of the molecule is C[C@H](NCc1csnn1)c1cccc(Br)c1. The maximum Gasteiger partial charge on any atom is 0.0893 e. The van der Waals surface area contributed by atoms with E-state index in [1.165, 1.54) is 17.1 Å². The van der Waals surface area contributed by atoms with Crippen LogP contribution in [0.3, 0.4) is 0 Å². The Labute approximate surface area is 107 Å². The predicted molar refractivity (Wildman–Crippen MR) is 69.3 cm³/mol. The molecule has 2 rings (SSSR count). The fourth-order valence-electron chi connectivity index (χ4n) is 1.41. The molecule has 0 aliphatic carbocycles. The zero-order valence-corrected chi connectivity index (χ0v) is 11.3. The van der Waals surface area contributed by atoms with E-state index in [2.05, 4.69) is 49.9 Å². The highest BCUT2D eigenvalue weighted by atomic mass is 79.9. The summed E-state index contributed by atoms with van der Waals surface area (Å²) in [7, 11) is 0. The van der Waals surface area contributed by atoms with E-state index < -0.39 is 0 Å². The Morgan fingerprint density at radius 3 is 3.06 bits per heavy atom. The molecule has 0 fully saturated rings. The Hall–Kier alpha value is -0.780. The van der Waals surface area contributed by atoms with Gasteiger partial charge in [0, 0.05) is 22.4 Å². The third-order valence-electron chi connectivity index (χ3n) is 2.34. The van der Waals surface area contributed by atoms with Gasteiger partial charge in [-0.2, -0.15) is 0 Å². The summed E-state index contributed by atoms with van der Waals surface area (Å²) < 4.78 is 4.94. The number of nitrogens with zero attached hydrogens (tertiary/aromatic N) is 2. The minimum absolute atomic E-state index is 0.305. The van der Waals surface area contributed by atoms with Crippen molar-refractivity contribution in [1.82, 2.24) is 14.9 Å². The lowest BCUT2D eigenvalue weighted by molar-refractivity contribution is 0.567. The lowest BCUT2D eigenvalue weighted by atomic mass is 10.1. The molecule has 1 atom stereocenters. The molecule has 5 heteroatoms. The third-order valence-corrected chi connectivity index (χ3v) is 3.39. The molecule has 0 saturated carbocycles. The first kappa shape index (κ1) is 11.7. The van der Waals surface area contributed by atoms with Gasteiger partial charge in [0.15, 0.2) is 0 Å². The van der Waals surface area contributed by atoms with Crippen molar-refractivity contribution >= 4 is 27.5 Å². The van der Waals surface area contributed by atoms with E-state index in [-0.39, 0.29) is 0 Å². The average molecular weight is 298 g/mol. The summed E-state index contributed by atoms with van der Waals surface area (Å²) in [6.07, 6.45) is 0. The van der Waals surface area contributed by atoms with Crippen LogP contribution in [0.1, 0.15) is 24.2 Å². The molecule has 1 heterocycles. The first-order chi connectivity index (χ1) is 7.75. The Morgan fingerprint density at radius 2 is 2.38 bits per heavy atom. The lowest BCUT2D eigenvalue weighted by Crippen LogP contribution is -2.18. The Bertz CT molecular complexity index is 444. The monoisotopic (exact) mass is 297 g/mol. The summed E-state index contributed by atoms with van der Waals surface area (Å²) in [5.41, 5.74) is 2.25. The average Bonchev–Trinajstić information content (AvgIpc) is 2.78. The molecule has 1 aromatic heterocycles. The second-order valence-corrected chi connectivity index (χ2v) is 5.08. The normalized spacial score (nSPS) is 12.6. The Kier molecular flexibility index (Phi) is 4.04. The van der Waals surface area contributed by atoms with Crippen LogP contribution in [0.5, 0.6) is 0 Å². The lowest BCUT2D eigenvalue weighted by Gasteiger charge is -2.13. The van der Waals surface area contributed by atoms with Gasteiger partial charge in [0.1, 0.15) is 0 Å². The molecule has 0 radical (unpaired) electrons. The summed E-state index contributed by atoms with van der Waals surface area (Å²) in [5, 5.41) is 9.37. The summed E-state index contributed by atoms with van der Waals surface area (Å²) in [5.74, 6) is 0. The second-order valence-electron chi connectivity index (χ2n) is 3.55. The van der Waals surface area contributed by atoms with Crippen LogP contribution in [0.25, 0.3) is 0 Å². The summed E-state index contributed by atoms with van der Waals surface area (Å²) in [6.45, 7) is 2.89. The van der Waals surface area contributed by atoms with Crippen molar-refractivity contribution in [3.8, 4) is 0 Å². The molecule has 0 spiro atoms. The fourth-order valence-corrected chi connectivity index (χ4v) is 2.28. The van der Waals surface area contributed by atoms with Crippen LogP contribution in [-0.2, 0) is 6.54 Å². The number of benzene rings is 1. The van der Waals surface area contributed by atoms with Gasteiger partial charge in [-0.15, -0.1) is 5.10 Å². The first-order valence-electron chi connectivity index (χ1n) is 5.00. The molecule has 84 valence electrons. The molecule has 0 unspecified atom stereocenters. The van der Waals surface area contributed by atoms with Crippen LogP contribution in [0, 0.1) is 0 Å². The van der Waals surface area contributed by atoms with Gasteiger partial charge in [0.25, 0.3) is 0 Å². The number of nitrogens with one attached hydrogen (secondary N) is 1. The quantitative estimate of drug-likeness (QED) is 0.942. The zero-order chi connectivity index (χ0) is 11.4. The van der Waals surface area contributed by atoms with Crippen molar-refractivity contribution < 1.29 is 0 Å². The van der Waals surface area contributed by atoms with Crippen molar-refractivity contribution in [2.75, 3.05) is 0 Å². The maximum atomic E-state index is 4.00. The van der Waals surface area contributed by atoms with Crippen LogP contribution in [0.15, 0.2) is 34.1 Å². The van der Waals surface area contributed by atoms with E-state index in [0.29, 0.717) is 6.04 Å². The summed E-state index contributed by atoms with van der Waals surface area (Å²) in [4.78, 5) is 0. The van der Waals surface area contributed by atoms with Gasteiger partial charge < -0.3 is 5.32 Å². The molecular formula is C11H12BrN3S. The van der Waals surface area contributed by atoms with E-state index in [4.69, 9.17) is 0 Å². The predicted octanol–water partition coefficient (Wildman–Crippen LogP) is 3.15. The summed E-state index contributed by atoms with van der Waals surface area (Å²) >= 11 is 4.85. The number of hydrogen-bond acceptors (Lipinski definition) is 4. The molecule has 0 aliphatic heterocycles. The molecular weight excluding hydrogens is 286 g/mol. The van der Waals surface area contributed by atoms with Gasteiger partial charge in [-0.05, 0) is 36.2 Å². The standard InChI is InChI=1S/C11H12BrN3S/c1-8(9-3-2-4-10(12)5-9)13-6-11-7-16-15-14-11/h2-5,7-8,13H,6H2,1H3/t8-/m0/s1. The third kappa shape index (κ3) is 3.10. The zero-order valence-electron chi connectivity index (χ0n) is 8.85. The highest BCUT2D eigenvalue weighted by Gasteiger charge is 2.05. The van der Waals surface area contributed by atoms with Crippen LogP contribution in [0.2, 0.25) is 0 Å². The van der Waals surface area contributed by atoms with Gasteiger partial charge in [-0.25, -0.2) is 0 Å². The van der Waals surface area contributed by atoms with Crippen LogP contribution in [0.4, 0.5) is 0 Å². The number of hydrogen-bond donors (Lipinski definition) is 1. The van der Waals surface area contributed by atoms with Crippen molar-refractivity contribution in [3.05, 3.63) is 45.4 Å². The maximum absolute atomic E-state index is 4.00. The molecule has 0 amide bonds. The number of rotatable bonds is 4. The highest BCUT2D eigenvalue weighted by molar-refractivity contribution is 9.10. The van der Waals surface area contributed by atoms with Crippen LogP contribution < -0.4 is 5.32 Å². The molecule has 3 nitrogen and oxygen atoms in total. The van der Waals surface area contributed by atoms with E-state index >= 15 is 0 Å². The van der Waals surface area contributed by atoms with Gasteiger partial charge >= 0.3 is 0 Å². The van der Waals surface area contributed by atoms with Crippen LogP contribution >= 0.6 is 27.5 Å². The van der Waals surface area contributed by atoms with E-state index in [9.17, 15) is 0 Å². The van der Waals surface area contributed by atoms with Crippen molar-refractivity contribution in [2.24, 2.45) is 0 Å². The molecule has 1 aromatic carbocycles. The number of halogens is 1. The van der Waals surface area contributed by atoms with E-state index in [1.807, 2.05) is 17.5 Å². The van der Waals surface area contributed by atoms with E-state index in [1.54, 1.807) is 0 Å². The Morgan fingerprint density at radius 1 is 1.50 bits per heavy atom. The highest BCUT2D eigenvalue weighted by Crippen LogP contribution is 2.18. The molecule has 0 bridgehead atoms. The smallest absolute Gasteiger partial charge is 0.0893 e. The molecule has 1 N–H and O–H groups in total. The largest absolute Gasteiger partial charge is 0.304 e. The first-order valence-corrected chi connectivity index (χ1v) is 6.63. The second kappa shape index (κ2) is 5.52. The minimum atomic E-state index is 0.305. The van der Waals surface area contributed by atoms with Gasteiger partial charge in [-0.1, -0.05) is 32.6 Å². The van der Waals surface area contributed by atoms with Crippen LogP contribution in [-0.4, -0.2) is 9.59 Å². The van der Waals surface area contributed by atoms with Gasteiger partial charge in [-0.3, -0.25) is 0 Å². The minimum Gasteiger partial charge on any atom is -0.304 e. The fraction of sp³-hybridized carbons (Fsp3) is 0.273. The molecule has 0 aliphatic rings.